The maximum absolute atomic E-state index is 12.1. The van der Waals surface area contributed by atoms with Crippen molar-refractivity contribution in [2.45, 2.75) is 25.8 Å². The first-order valence-corrected chi connectivity index (χ1v) is 12.9. The number of nitrogens with zero attached hydrogens (tertiary/aromatic N) is 7. The number of piperazine rings is 1. The first kappa shape index (κ1) is 23.5. The van der Waals surface area contributed by atoms with Gasteiger partial charge in [-0.2, -0.15) is 4.98 Å². The number of hydrogen-bond acceptors (Lipinski definition) is 9. The van der Waals surface area contributed by atoms with Gasteiger partial charge in [0.2, 0.25) is 5.95 Å². The Morgan fingerprint density at radius 2 is 1.70 bits per heavy atom. The number of aromatic nitrogens is 3. The van der Waals surface area contributed by atoms with Crippen molar-refractivity contribution in [2.75, 3.05) is 66.4 Å². The number of benzene rings is 1. The van der Waals surface area contributed by atoms with Crippen molar-refractivity contribution in [1.29, 1.82) is 0 Å². The highest BCUT2D eigenvalue weighted by Gasteiger charge is 2.37. The summed E-state index contributed by atoms with van der Waals surface area (Å²) in [6.45, 7) is 9.46. The number of fused-ring (bicyclic) bond motifs is 1. The monoisotopic (exact) mass is 500 g/mol. The molecule has 1 N–H and O–H groups in total. The van der Waals surface area contributed by atoms with E-state index in [1.54, 1.807) is 4.90 Å². The second-order valence-electron chi connectivity index (χ2n) is 9.95. The van der Waals surface area contributed by atoms with Gasteiger partial charge in [0, 0.05) is 61.3 Å². The summed E-state index contributed by atoms with van der Waals surface area (Å²) in [5.41, 5.74) is 3.25. The van der Waals surface area contributed by atoms with Crippen LogP contribution in [0.5, 0.6) is 0 Å². The zero-order chi connectivity index (χ0) is 25.5. The van der Waals surface area contributed by atoms with Crippen LogP contribution in [0.25, 0.3) is 0 Å². The van der Waals surface area contributed by atoms with Gasteiger partial charge >= 0.3 is 6.09 Å². The molecule has 1 aromatic carbocycles. The molecule has 0 radical (unpaired) electrons. The maximum atomic E-state index is 12.1. The standard InChI is InChI=1S/C27H32N8O2/c1-18-19(2)35(24-6-4-5-23(30-24)34-15-16-37-27(34)36)25-22(18)17-28-26(31-25)29-20-7-9-21(10-8-20)33-13-11-32(3)12-14-33/h4-10,17-19H,11-16H2,1-3H3,(H,28,29,31)/t18?,19-/m0/s1. The summed E-state index contributed by atoms with van der Waals surface area (Å²) in [5.74, 6) is 2.93. The van der Waals surface area contributed by atoms with Crippen molar-refractivity contribution < 1.29 is 9.53 Å². The normalized spacial score (nSPS) is 21.8. The lowest BCUT2D eigenvalue weighted by atomic mass is 10.0. The van der Waals surface area contributed by atoms with Crippen molar-refractivity contribution in [3.8, 4) is 0 Å². The molecule has 3 aliphatic heterocycles. The molecule has 6 rings (SSSR count). The largest absolute Gasteiger partial charge is 0.447 e. The Bertz CT molecular complexity index is 1290. The van der Waals surface area contributed by atoms with E-state index in [1.807, 2.05) is 24.4 Å². The van der Waals surface area contributed by atoms with Crippen molar-refractivity contribution >= 4 is 40.9 Å². The van der Waals surface area contributed by atoms with Gasteiger partial charge in [-0.3, -0.25) is 4.90 Å². The number of rotatable bonds is 5. The van der Waals surface area contributed by atoms with Crippen LogP contribution >= 0.6 is 0 Å². The SMILES string of the molecule is CC1c2cnc(Nc3ccc(N4CCN(C)CC4)cc3)nc2N(c2cccc(N3CCOC3=O)n2)[C@H]1C. The smallest absolute Gasteiger partial charge is 0.415 e. The highest BCUT2D eigenvalue weighted by atomic mass is 16.6. The first-order valence-electron chi connectivity index (χ1n) is 12.9. The molecule has 192 valence electrons. The van der Waals surface area contributed by atoms with Crippen LogP contribution in [0, 0.1) is 0 Å². The number of ether oxygens (including phenoxy) is 1. The Hall–Kier alpha value is -3.92. The van der Waals surface area contributed by atoms with E-state index in [0.29, 0.717) is 24.9 Å². The van der Waals surface area contributed by atoms with E-state index < -0.39 is 0 Å². The lowest BCUT2D eigenvalue weighted by molar-refractivity contribution is 0.181. The quantitative estimate of drug-likeness (QED) is 0.559. The summed E-state index contributed by atoms with van der Waals surface area (Å²) in [5, 5.41) is 3.37. The number of carbonyl (C=O) groups excluding carboxylic acids is 1. The number of hydrogen-bond donors (Lipinski definition) is 1. The van der Waals surface area contributed by atoms with Crippen LogP contribution in [-0.4, -0.2) is 78.4 Å². The molecule has 2 fully saturated rings. The lowest BCUT2D eigenvalue weighted by Crippen LogP contribution is -2.44. The van der Waals surface area contributed by atoms with Gasteiger partial charge in [0.25, 0.3) is 0 Å². The van der Waals surface area contributed by atoms with E-state index in [-0.39, 0.29) is 18.1 Å². The first-order chi connectivity index (χ1) is 18.0. The van der Waals surface area contributed by atoms with Gasteiger partial charge in [-0.25, -0.2) is 14.8 Å². The van der Waals surface area contributed by atoms with Gasteiger partial charge in [0.05, 0.1) is 6.54 Å². The van der Waals surface area contributed by atoms with Gasteiger partial charge in [-0.15, -0.1) is 0 Å². The molecule has 37 heavy (non-hydrogen) atoms. The fourth-order valence-electron chi connectivity index (χ4n) is 5.20. The Kier molecular flexibility index (Phi) is 6.03. The zero-order valence-electron chi connectivity index (χ0n) is 21.5. The van der Waals surface area contributed by atoms with Gasteiger partial charge in [0.15, 0.2) is 0 Å². The minimum Gasteiger partial charge on any atom is -0.447 e. The fourth-order valence-corrected chi connectivity index (χ4v) is 5.20. The Morgan fingerprint density at radius 3 is 2.43 bits per heavy atom. The predicted octanol–water partition coefficient (Wildman–Crippen LogP) is 3.97. The number of likely N-dealkylation sites (N-methyl/N-ethyl adjacent to an activating group) is 1. The second-order valence-corrected chi connectivity index (χ2v) is 9.95. The highest BCUT2D eigenvalue weighted by Crippen LogP contribution is 2.43. The van der Waals surface area contributed by atoms with Crippen LogP contribution < -0.4 is 20.0 Å². The maximum Gasteiger partial charge on any atom is 0.415 e. The van der Waals surface area contributed by atoms with E-state index in [1.165, 1.54) is 5.69 Å². The minimum absolute atomic E-state index is 0.135. The van der Waals surface area contributed by atoms with Gasteiger partial charge in [-0.05, 0) is 50.4 Å². The minimum atomic E-state index is -0.361. The summed E-state index contributed by atoms with van der Waals surface area (Å²) in [4.78, 5) is 34.9. The predicted molar refractivity (Wildman–Crippen MR) is 144 cm³/mol. The van der Waals surface area contributed by atoms with Crippen molar-refractivity contribution in [1.82, 2.24) is 19.9 Å². The third-order valence-corrected chi connectivity index (χ3v) is 7.64. The molecular formula is C27H32N8O2. The molecule has 10 heteroatoms. The highest BCUT2D eigenvalue weighted by molar-refractivity contribution is 5.88. The third-order valence-electron chi connectivity index (χ3n) is 7.64. The third kappa shape index (κ3) is 4.42. The molecule has 1 amide bonds. The second kappa shape index (κ2) is 9.51. The van der Waals surface area contributed by atoms with E-state index >= 15 is 0 Å². The molecule has 0 aliphatic carbocycles. The van der Waals surface area contributed by atoms with Crippen molar-refractivity contribution in [3.05, 3.63) is 54.2 Å². The van der Waals surface area contributed by atoms with E-state index in [4.69, 9.17) is 14.7 Å². The molecule has 10 nitrogen and oxygen atoms in total. The average Bonchev–Trinajstić information content (AvgIpc) is 3.45. The van der Waals surface area contributed by atoms with Crippen LogP contribution in [0.15, 0.2) is 48.7 Å². The fraction of sp³-hybridized carbons (Fsp3) is 0.407. The summed E-state index contributed by atoms with van der Waals surface area (Å²) in [6, 6.07) is 14.3. The van der Waals surface area contributed by atoms with E-state index in [2.05, 4.69) is 70.2 Å². The van der Waals surface area contributed by atoms with Crippen LogP contribution in [-0.2, 0) is 4.74 Å². The number of pyridine rings is 1. The molecule has 2 atom stereocenters. The van der Waals surface area contributed by atoms with Crippen molar-refractivity contribution in [3.63, 3.8) is 0 Å². The average molecular weight is 501 g/mol. The van der Waals surface area contributed by atoms with Crippen LogP contribution in [0.4, 0.5) is 39.6 Å². The van der Waals surface area contributed by atoms with Crippen LogP contribution in [0.2, 0.25) is 0 Å². The summed E-state index contributed by atoms with van der Waals surface area (Å²) >= 11 is 0. The zero-order valence-corrected chi connectivity index (χ0v) is 21.5. The molecule has 2 saturated heterocycles. The van der Waals surface area contributed by atoms with Crippen LogP contribution in [0.1, 0.15) is 25.3 Å². The molecule has 3 aromatic rings. The number of anilines is 6. The molecule has 0 bridgehead atoms. The molecule has 0 saturated carbocycles. The van der Waals surface area contributed by atoms with Crippen molar-refractivity contribution in [2.24, 2.45) is 0 Å². The molecule has 3 aliphatic rings. The molecule has 2 aromatic heterocycles. The Morgan fingerprint density at radius 1 is 0.946 bits per heavy atom. The van der Waals surface area contributed by atoms with Gasteiger partial charge in [0.1, 0.15) is 24.1 Å². The van der Waals surface area contributed by atoms with E-state index in [0.717, 1.165) is 49.1 Å². The lowest BCUT2D eigenvalue weighted by Gasteiger charge is -2.34. The van der Waals surface area contributed by atoms with Gasteiger partial charge in [-0.1, -0.05) is 13.0 Å². The van der Waals surface area contributed by atoms with Crippen LogP contribution in [0.3, 0.4) is 0 Å². The topological polar surface area (TPSA) is 90.0 Å². The Labute approximate surface area is 216 Å². The number of nitrogens with one attached hydrogen (secondary N) is 1. The molecular weight excluding hydrogens is 468 g/mol. The summed E-state index contributed by atoms with van der Waals surface area (Å²) in [7, 11) is 2.17. The molecule has 1 unspecified atom stereocenters. The Balaban J connectivity index is 1.24. The number of amides is 1. The van der Waals surface area contributed by atoms with E-state index in [9.17, 15) is 4.79 Å². The summed E-state index contributed by atoms with van der Waals surface area (Å²) < 4.78 is 5.10. The number of carbonyl (C=O) groups is 1. The summed E-state index contributed by atoms with van der Waals surface area (Å²) in [6.07, 6.45) is 1.55. The van der Waals surface area contributed by atoms with Gasteiger partial charge < -0.3 is 24.8 Å². The molecule has 0 spiro atoms. The molecule has 5 heterocycles. The number of cyclic esters (lactones) is 1.